The Kier molecular flexibility index (Phi) is 55.2. The molecular formula is C82H137NO18. The van der Waals surface area contributed by atoms with E-state index in [0.29, 0.717) is 12.8 Å². The molecule has 3 saturated heterocycles. The highest BCUT2D eigenvalue weighted by Gasteiger charge is 2.53. The topological polar surface area (TPSA) is 307 Å². The summed E-state index contributed by atoms with van der Waals surface area (Å²) < 4.78 is 34.4. The fraction of sp³-hybridized carbons (Fsp3) is 0.720. The minimum atomic E-state index is -2.00. The molecule has 0 aromatic rings. The van der Waals surface area contributed by atoms with Gasteiger partial charge in [0.1, 0.15) is 73.2 Å². The maximum absolute atomic E-state index is 13.4. The Morgan fingerprint density at radius 3 is 1.11 bits per heavy atom. The predicted molar refractivity (Wildman–Crippen MR) is 401 cm³/mol. The molecule has 3 heterocycles. The number of hydrogen-bond acceptors (Lipinski definition) is 18. The lowest BCUT2D eigenvalue weighted by Gasteiger charge is -2.48. The molecule has 19 heteroatoms. The van der Waals surface area contributed by atoms with E-state index in [1.807, 2.05) is 6.08 Å². The predicted octanol–water partition coefficient (Wildman–Crippen LogP) is 12.5. The Morgan fingerprint density at radius 1 is 0.366 bits per heavy atom. The second kappa shape index (κ2) is 61.1. The van der Waals surface area contributed by atoms with Crippen LogP contribution >= 0.6 is 0 Å². The Morgan fingerprint density at radius 2 is 0.693 bits per heavy atom. The summed E-state index contributed by atoms with van der Waals surface area (Å²) in [6.45, 7) is 1.56. The summed E-state index contributed by atoms with van der Waals surface area (Å²) in [6, 6.07) is -1.03. The maximum atomic E-state index is 13.4. The van der Waals surface area contributed by atoms with Gasteiger partial charge < -0.3 is 89.9 Å². The van der Waals surface area contributed by atoms with E-state index in [9.17, 15) is 61.0 Å². The normalized spacial score (nSPS) is 27.1. The Balaban J connectivity index is 1.44. The van der Waals surface area contributed by atoms with Gasteiger partial charge in [-0.25, -0.2) is 0 Å². The average molecular weight is 1420 g/mol. The summed E-state index contributed by atoms with van der Waals surface area (Å²) in [7, 11) is 0. The Hall–Kier alpha value is -4.07. The van der Waals surface area contributed by atoms with Crippen LogP contribution in [0.1, 0.15) is 245 Å². The molecule has 0 aliphatic carbocycles. The molecule has 19 nitrogen and oxygen atoms in total. The average Bonchev–Trinajstić information content (AvgIpc) is 0.782. The first-order chi connectivity index (χ1) is 49.3. The van der Waals surface area contributed by atoms with Gasteiger partial charge in [0, 0.05) is 6.42 Å². The monoisotopic (exact) mass is 1420 g/mol. The first-order valence-electron chi connectivity index (χ1n) is 38.9. The van der Waals surface area contributed by atoms with Gasteiger partial charge in [-0.05, 0) is 109 Å². The van der Waals surface area contributed by atoms with Crippen molar-refractivity contribution < 1.29 is 89.4 Å². The SMILES string of the molecule is CC/C=C\C/C=C\C/C=C\C/C=C\C/C=C\C/C=C\C/C=C\C/C=C\CCCCC(=O)NC(COC1OC(CO)C(OC2OC(CO)C(OC3OC(CO)C(O)C(O)C3O)C(O)C2O)C(O)C1O)C(O)/C=C/CC/C=C/CC/C=C/CCCCCCCCCCCCCCCCCCCCC. The van der Waals surface area contributed by atoms with Gasteiger partial charge in [-0.3, -0.25) is 4.79 Å². The lowest BCUT2D eigenvalue weighted by atomic mass is 9.96. The summed E-state index contributed by atoms with van der Waals surface area (Å²) >= 11 is 0. The fourth-order valence-electron chi connectivity index (χ4n) is 12.2. The third-order valence-corrected chi connectivity index (χ3v) is 18.4. The molecule has 0 spiro atoms. The summed E-state index contributed by atoms with van der Waals surface area (Å²) in [5.41, 5.74) is 0. The zero-order chi connectivity index (χ0) is 73.2. The number of amides is 1. The Labute approximate surface area is 607 Å². The van der Waals surface area contributed by atoms with Gasteiger partial charge in [0.25, 0.3) is 0 Å². The molecule has 3 aliphatic rings. The molecule has 17 atom stereocenters. The zero-order valence-electron chi connectivity index (χ0n) is 61.6. The van der Waals surface area contributed by atoms with Crippen LogP contribution < -0.4 is 5.32 Å². The van der Waals surface area contributed by atoms with E-state index in [2.05, 4.69) is 141 Å². The van der Waals surface area contributed by atoms with Crippen molar-refractivity contribution in [2.75, 3.05) is 26.4 Å². The standard InChI is InChI=1S/C82H137NO18/c1-3-5-7-9-11-13-15-17-19-21-23-25-27-29-31-32-34-35-37-39-41-43-45-47-49-51-53-55-57-59-66(87)65(83-70(88)60-58-56-54-52-50-48-46-44-42-40-38-36-33-30-28-26-24-22-20-18-16-14-12-10-8-6-4-2)64-96-80-76(94)73(91)78(68(62-85)98-80)101-82-77(95)74(92)79(69(63-86)99-82)100-81-75(93)72(90)71(89)67(61-84)97-81/h6,8,12,14,18,20,24,26,30,33,38,40-41,43-44,46,49-52,57,59,65-69,71-82,84-87,89-95H,3-5,7,9-11,13,15-17,19,21-23,25,27-29,31-32,34-37,39,42,45,47-48,53-56,58,60-64H2,1-2H3,(H,83,88)/b8-6-,14-12-,20-18-,26-24-,33-30-,40-38-,43-41+,46-44-,51-49+,52-50-,59-57+. The van der Waals surface area contributed by atoms with E-state index in [1.54, 1.807) is 6.08 Å². The molecule has 578 valence electrons. The van der Waals surface area contributed by atoms with Crippen LogP contribution in [0.3, 0.4) is 0 Å². The number of hydrogen-bond donors (Lipinski definition) is 12. The highest BCUT2D eigenvalue weighted by atomic mass is 16.8. The van der Waals surface area contributed by atoms with Crippen LogP contribution in [0.15, 0.2) is 134 Å². The van der Waals surface area contributed by atoms with E-state index in [-0.39, 0.29) is 12.3 Å². The Bertz CT molecular complexity index is 2350. The van der Waals surface area contributed by atoms with E-state index in [1.165, 1.54) is 122 Å². The number of nitrogens with one attached hydrogen (secondary N) is 1. The van der Waals surface area contributed by atoms with E-state index < -0.39 is 131 Å². The number of aliphatic hydroxyl groups is 11. The minimum Gasteiger partial charge on any atom is -0.394 e. The molecule has 12 N–H and O–H groups in total. The van der Waals surface area contributed by atoms with Gasteiger partial charge in [0.2, 0.25) is 5.91 Å². The number of carbonyl (C=O) groups excluding carboxylic acids is 1. The molecule has 0 bridgehead atoms. The quantitative estimate of drug-likeness (QED) is 0.0199. The van der Waals surface area contributed by atoms with E-state index in [0.717, 1.165) is 89.9 Å². The van der Waals surface area contributed by atoms with Crippen molar-refractivity contribution in [3.63, 3.8) is 0 Å². The van der Waals surface area contributed by atoms with Crippen LogP contribution in [0.2, 0.25) is 0 Å². The first-order valence-corrected chi connectivity index (χ1v) is 38.9. The summed E-state index contributed by atoms with van der Waals surface area (Å²) in [5, 5.41) is 121. The van der Waals surface area contributed by atoms with Crippen LogP contribution in [-0.4, -0.2) is 193 Å². The smallest absolute Gasteiger partial charge is 0.220 e. The summed E-state index contributed by atoms with van der Waals surface area (Å²) in [4.78, 5) is 13.4. The van der Waals surface area contributed by atoms with Crippen LogP contribution in [0, 0.1) is 0 Å². The maximum Gasteiger partial charge on any atom is 0.220 e. The van der Waals surface area contributed by atoms with E-state index in [4.69, 9.17) is 28.4 Å². The molecule has 3 rings (SSSR count). The van der Waals surface area contributed by atoms with Crippen LogP contribution in [-0.2, 0) is 33.2 Å². The highest BCUT2D eigenvalue weighted by Crippen LogP contribution is 2.33. The van der Waals surface area contributed by atoms with Crippen molar-refractivity contribution in [2.24, 2.45) is 0 Å². The largest absolute Gasteiger partial charge is 0.394 e. The lowest BCUT2D eigenvalue weighted by Crippen LogP contribution is -2.66. The third-order valence-electron chi connectivity index (χ3n) is 18.4. The van der Waals surface area contributed by atoms with Crippen molar-refractivity contribution in [3.05, 3.63) is 134 Å². The summed E-state index contributed by atoms with van der Waals surface area (Å²) in [6.07, 6.45) is 60.1. The van der Waals surface area contributed by atoms with Gasteiger partial charge in [-0.15, -0.1) is 0 Å². The first kappa shape index (κ1) is 91.1. The molecule has 0 aromatic carbocycles. The van der Waals surface area contributed by atoms with Crippen molar-refractivity contribution in [1.29, 1.82) is 0 Å². The van der Waals surface area contributed by atoms with Gasteiger partial charge >= 0.3 is 0 Å². The van der Waals surface area contributed by atoms with Crippen molar-refractivity contribution in [3.8, 4) is 0 Å². The second-order valence-corrected chi connectivity index (χ2v) is 27.1. The molecule has 0 radical (unpaired) electrons. The molecule has 3 fully saturated rings. The second-order valence-electron chi connectivity index (χ2n) is 27.1. The number of allylic oxidation sites excluding steroid dienone is 21. The highest BCUT2D eigenvalue weighted by molar-refractivity contribution is 5.76. The van der Waals surface area contributed by atoms with Gasteiger partial charge in [-0.2, -0.15) is 0 Å². The molecule has 3 aliphatic heterocycles. The van der Waals surface area contributed by atoms with Crippen LogP contribution in [0.25, 0.3) is 0 Å². The number of ether oxygens (including phenoxy) is 6. The number of rotatable bonds is 59. The van der Waals surface area contributed by atoms with Crippen molar-refractivity contribution in [1.82, 2.24) is 5.32 Å². The molecule has 0 aromatic heterocycles. The number of aliphatic hydroxyl groups excluding tert-OH is 11. The number of carbonyl (C=O) groups is 1. The molecular weight excluding hydrogens is 1290 g/mol. The number of unbranched alkanes of at least 4 members (excludes halogenated alkanes) is 23. The minimum absolute atomic E-state index is 0.167. The molecule has 17 unspecified atom stereocenters. The summed E-state index contributed by atoms with van der Waals surface area (Å²) in [5.74, 6) is -0.336. The van der Waals surface area contributed by atoms with Gasteiger partial charge in [0.05, 0.1) is 38.6 Å². The lowest BCUT2D eigenvalue weighted by molar-refractivity contribution is -0.379. The van der Waals surface area contributed by atoms with Crippen molar-refractivity contribution >= 4 is 5.91 Å². The molecule has 1 amide bonds. The zero-order valence-corrected chi connectivity index (χ0v) is 61.6. The van der Waals surface area contributed by atoms with Crippen LogP contribution in [0.5, 0.6) is 0 Å². The van der Waals surface area contributed by atoms with Gasteiger partial charge in [0.15, 0.2) is 18.9 Å². The molecule has 101 heavy (non-hydrogen) atoms. The third kappa shape index (κ3) is 41.4. The van der Waals surface area contributed by atoms with E-state index >= 15 is 0 Å². The van der Waals surface area contributed by atoms with Crippen LogP contribution in [0.4, 0.5) is 0 Å². The molecule has 0 saturated carbocycles. The van der Waals surface area contributed by atoms with Gasteiger partial charge in [-0.1, -0.05) is 263 Å². The fourth-order valence-corrected chi connectivity index (χ4v) is 12.2. The van der Waals surface area contributed by atoms with Crippen molar-refractivity contribution in [2.45, 2.75) is 349 Å².